The van der Waals surface area contributed by atoms with Gasteiger partial charge >= 0.3 is 0 Å². The monoisotopic (exact) mass is 309 g/mol. The van der Waals surface area contributed by atoms with Crippen LogP contribution in [0.15, 0.2) is 36.4 Å². The minimum absolute atomic E-state index is 0.151. The quantitative estimate of drug-likeness (QED) is 0.885. The van der Waals surface area contributed by atoms with Crippen LogP contribution in [0.25, 0.3) is 0 Å². The number of rotatable bonds is 4. The van der Waals surface area contributed by atoms with Crippen LogP contribution in [0.2, 0.25) is 5.02 Å². The molecule has 21 heavy (non-hydrogen) atoms. The van der Waals surface area contributed by atoms with Crippen LogP contribution < -0.4 is 5.32 Å². The van der Waals surface area contributed by atoms with Crippen LogP contribution in [0.4, 0.5) is 14.5 Å². The average molecular weight is 310 g/mol. The minimum Gasteiger partial charge on any atom is -0.324 e. The Morgan fingerprint density at radius 2 is 1.95 bits per heavy atom. The van der Waals surface area contributed by atoms with E-state index >= 15 is 0 Å². The lowest BCUT2D eigenvalue weighted by Crippen LogP contribution is -2.13. The molecule has 0 atom stereocenters. The lowest BCUT2D eigenvalue weighted by atomic mass is 10.1. The Labute approximate surface area is 126 Å². The Bertz CT molecular complexity index is 673. The van der Waals surface area contributed by atoms with Crippen LogP contribution in [0.1, 0.15) is 17.5 Å². The molecule has 0 aliphatic carbocycles. The minimum atomic E-state index is -0.664. The third kappa shape index (κ3) is 4.26. The fourth-order valence-corrected chi connectivity index (χ4v) is 2.06. The standard InChI is InChI=1S/C16H14ClF2NO/c1-10-2-3-11(8-13(10)17)4-7-16(21)20-15-9-12(18)5-6-14(15)19/h2-3,5-6,8-9H,4,7H2,1H3,(H,20,21). The summed E-state index contributed by atoms with van der Waals surface area (Å²) >= 11 is 6.01. The van der Waals surface area contributed by atoms with Gasteiger partial charge in [-0.15, -0.1) is 0 Å². The molecule has 0 aliphatic heterocycles. The van der Waals surface area contributed by atoms with Crippen LogP contribution >= 0.6 is 11.6 Å². The zero-order valence-electron chi connectivity index (χ0n) is 11.4. The Morgan fingerprint density at radius 1 is 1.19 bits per heavy atom. The Balaban J connectivity index is 1.95. The highest BCUT2D eigenvalue weighted by molar-refractivity contribution is 6.31. The van der Waals surface area contributed by atoms with Gasteiger partial charge in [0.2, 0.25) is 5.91 Å². The summed E-state index contributed by atoms with van der Waals surface area (Å²) in [5.74, 6) is -1.64. The molecular weight excluding hydrogens is 296 g/mol. The molecule has 2 aromatic carbocycles. The summed E-state index contributed by atoms with van der Waals surface area (Å²) in [6.07, 6.45) is 0.637. The number of carbonyl (C=O) groups is 1. The van der Waals surface area contributed by atoms with Gasteiger partial charge in [-0.25, -0.2) is 8.78 Å². The van der Waals surface area contributed by atoms with Crippen molar-refractivity contribution in [3.8, 4) is 0 Å². The summed E-state index contributed by atoms with van der Waals surface area (Å²) in [6.45, 7) is 1.89. The molecule has 2 nitrogen and oxygen atoms in total. The number of amides is 1. The lowest BCUT2D eigenvalue weighted by Gasteiger charge is -2.07. The Kier molecular flexibility index (Phi) is 4.91. The maximum absolute atomic E-state index is 13.4. The summed E-state index contributed by atoms with van der Waals surface area (Å²) in [5.41, 5.74) is 1.73. The number of benzene rings is 2. The summed E-state index contributed by atoms with van der Waals surface area (Å²) in [6, 6.07) is 8.49. The highest BCUT2D eigenvalue weighted by Gasteiger charge is 2.09. The molecule has 0 aliphatic rings. The topological polar surface area (TPSA) is 29.1 Å². The van der Waals surface area contributed by atoms with Crippen molar-refractivity contribution in [2.45, 2.75) is 19.8 Å². The smallest absolute Gasteiger partial charge is 0.224 e. The van der Waals surface area contributed by atoms with Crippen LogP contribution in [0, 0.1) is 18.6 Å². The van der Waals surface area contributed by atoms with Crippen molar-refractivity contribution in [1.82, 2.24) is 0 Å². The predicted molar refractivity (Wildman–Crippen MR) is 79.5 cm³/mol. The summed E-state index contributed by atoms with van der Waals surface area (Å²) in [5, 5.41) is 3.00. The molecule has 5 heteroatoms. The maximum atomic E-state index is 13.4. The second-order valence-electron chi connectivity index (χ2n) is 4.76. The second kappa shape index (κ2) is 6.68. The number of nitrogens with one attached hydrogen (secondary N) is 1. The predicted octanol–water partition coefficient (Wildman–Crippen LogP) is 4.50. The third-order valence-corrected chi connectivity index (χ3v) is 3.49. The number of hydrogen-bond donors (Lipinski definition) is 1. The van der Waals surface area contributed by atoms with Gasteiger partial charge in [0.05, 0.1) is 5.69 Å². The zero-order valence-corrected chi connectivity index (χ0v) is 12.2. The molecule has 0 aromatic heterocycles. The summed E-state index contributed by atoms with van der Waals surface area (Å²) < 4.78 is 26.4. The number of halogens is 3. The zero-order chi connectivity index (χ0) is 15.4. The van der Waals surface area contributed by atoms with E-state index in [1.54, 1.807) is 6.07 Å². The van der Waals surface area contributed by atoms with Crippen molar-refractivity contribution in [2.24, 2.45) is 0 Å². The van der Waals surface area contributed by atoms with Gasteiger partial charge in [-0.3, -0.25) is 4.79 Å². The van der Waals surface area contributed by atoms with E-state index in [4.69, 9.17) is 11.6 Å². The number of anilines is 1. The van der Waals surface area contributed by atoms with Crippen LogP contribution in [0.5, 0.6) is 0 Å². The van der Waals surface area contributed by atoms with E-state index in [1.807, 2.05) is 19.1 Å². The molecule has 1 amide bonds. The molecule has 0 saturated carbocycles. The molecule has 1 N–H and O–H groups in total. The SMILES string of the molecule is Cc1ccc(CCC(=O)Nc2cc(F)ccc2F)cc1Cl. The van der Waals surface area contributed by atoms with Crippen molar-refractivity contribution in [1.29, 1.82) is 0 Å². The normalized spacial score (nSPS) is 10.5. The van der Waals surface area contributed by atoms with E-state index < -0.39 is 11.6 Å². The Morgan fingerprint density at radius 3 is 2.67 bits per heavy atom. The number of carbonyl (C=O) groups excluding carboxylic acids is 1. The van der Waals surface area contributed by atoms with Crippen molar-refractivity contribution < 1.29 is 13.6 Å². The summed E-state index contributed by atoms with van der Waals surface area (Å²) in [4.78, 5) is 11.8. The van der Waals surface area contributed by atoms with Gasteiger partial charge in [0, 0.05) is 17.5 Å². The van der Waals surface area contributed by atoms with Crippen molar-refractivity contribution >= 4 is 23.2 Å². The van der Waals surface area contributed by atoms with E-state index in [9.17, 15) is 13.6 Å². The van der Waals surface area contributed by atoms with Gasteiger partial charge in [0.15, 0.2) is 0 Å². The van der Waals surface area contributed by atoms with Gasteiger partial charge in [-0.2, -0.15) is 0 Å². The first-order valence-corrected chi connectivity index (χ1v) is 6.83. The Hall–Kier alpha value is -1.94. The highest BCUT2D eigenvalue weighted by Crippen LogP contribution is 2.19. The average Bonchev–Trinajstić information content (AvgIpc) is 2.44. The first kappa shape index (κ1) is 15.4. The molecule has 2 rings (SSSR count). The van der Waals surface area contributed by atoms with E-state index in [0.29, 0.717) is 11.4 Å². The van der Waals surface area contributed by atoms with Gasteiger partial charge in [0.1, 0.15) is 11.6 Å². The van der Waals surface area contributed by atoms with Gasteiger partial charge < -0.3 is 5.32 Å². The third-order valence-electron chi connectivity index (χ3n) is 3.08. The van der Waals surface area contributed by atoms with Gasteiger partial charge in [-0.1, -0.05) is 23.7 Å². The summed E-state index contributed by atoms with van der Waals surface area (Å²) in [7, 11) is 0. The molecule has 0 bridgehead atoms. The van der Waals surface area contributed by atoms with Crippen molar-refractivity contribution in [2.75, 3.05) is 5.32 Å². The fraction of sp³-hybridized carbons (Fsp3) is 0.188. The molecule has 2 aromatic rings. The molecule has 0 saturated heterocycles. The van der Waals surface area contributed by atoms with Crippen molar-refractivity contribution in [3.63, 3.8) is 0 Å². The molecular formula is C16H14ClF2NO. The lowest BCUT2D eigenvalue weighted by molar-refractivity contribution is -0.116. The number of aryl methyl sites for hydroxylation is 2. The molecule has 110 valence electrons. The molecule has 0 radical (unpaired) electrons. The first-order valence-electron chi connectivity index (χ1n) is 6.45. The molecule has 0 heterocycles. The highest BCUT2D eigenvalue weighted by atomic mass is 35.5. The van der Waals surface area contributed by atoms with E-state index in [1.165, 1.54) is 0 Å². The number of hydrogen-bond acceptors (Lipinski definition) is 1. The van der Waals surface area contributed by atoms with Gasteiger partial charge in [-0.05, 0) is 42.7 Å². The molecule has 0 fully saturated rings. The van der Waals surface area contributed by atoms with Gasteiger partial charge in [0.25, 0.3) is 0 Å². The fourth-order valence-electron chi connectivity index (χ4n) is 1.86. The van der Waals surface area contributed by atoms with E-state index in [0.717, 1.165) is 29.3 Å². The van der Waals surface area contributed by atoms with Crippen LogP contribution in [-0.4, -0.2) is 5.91 Å². The first-order chi connectivity index (χ1) is 9.95. The largest absolute Gasteiger partial charge is 0.324 e. The van der Waals surface area contributed by atoms with E-state index in [-0.39, 0.29) is 18.0 Å². The van der Waals surface area contributed by atoms with Crippen molar-refractivity contribution in [3.05, 3.63) is 64.2 Å². The maximum Gasteiger partial charge on any atom is 0.224 e. The van der Waals surface area contributed by atoms with E-state index in [2.05, 4.69) is 5.32 Å². The molecule has 0 spiro atoms. The molecule has 0 unspecified atom stereocenters. The van der Waals surface area contributed by atoms with Crippen LogP contribution in [0.3, 0.4) is 0 Å². The second-order valence-corrected chi connectivity index (χ2v) is 5.16. The van der Waals surface area contributed by atoms with Crippen LogP contribution in [-0.2, 0) is 11.2 Å².